The van der Waals surface area contributed by atoms with Gasteiger partial charge in [0.15, 0.2) is 5.17 Å². The van der Waals surface area contributed by atoms with Crippen molar-refractivity contribution in [1.29, 1.82) is 0 Å². The average Bonchev–Trinajstić information content (AvgIpc) is 3.08. The Morgan fingerprint density at radius 3 is 2.97 bits per heavy atom. The van der Waals surface area contributed by atoms with E-state index in [1.165, 1.54) is 11.8 Å². The van der Waals surface area contributed by atoms with E-state index in [1.807, 2.05) is 43.3 Å². The molecule has 1 aromatic heterocycles. The van der Waals surface area contributed by atoms with Gasteiger partial charge in [-0.2, -0.15) is 0 Å². The van der Waals surface area contributed by atoms with Crippen LogP contribution in [-0.4, -0.2) is 28.5 Å². The van der Waals surface area contributed by atoms with Gasteiger partial charge in [-0.15, -0.1) is 0 Å². The van der Waals surface area contributed by atoms with E-state index in [0.29, 0.717) is 32.9 Å². The molecule has 1 aliphatic rings. The number of thioether (sulfide) groups is 1. The number of carbonyl (C=O) groups excluding carboxylic acids is 2. The Labute approximate surface area is 182 Å². The second-order valence-corrected chi connectivity index (χ2v) is 7.90. The SMILES string of the molecule is CCNC(=O)c1ccc(Cl)c(N=C2NC(=O)C(=Cc3ccc4ncccc4c3)S2)c1. The highest BCUT2D eigenvalue weighted by atomic mass is 35.5. The summed E-state index contributed by atoms with van der Waals surface area (Å²) in [7, 11) is 0. The molecule has 0 bridgehead atoms. The molecule has 1 aliphatic heterocycles. The quantitative estimate of drug-likeness (QED) is 0.588. The summed E-state index contributed by atoms with van der Waals surface area (Å²) >= 11 is 7.46. The molecular formula is C22H17ClN4O2S. The fourth-order valence-corrected chi connectivity index (χ4v) is 3.92. The van der Waals surface area contributed by atoms with Crippen molar-refractivity contribution in [3.63, 3.8) is 0 Å². The minimum absolute atomic E-state index is 0.204. The van der Waals surface area contributed by atoms with Crippen LogP contribution in [0, 0.1) is 0 Å². The van der Waals surface area contributed by atoms with Crippen LogP contribution in [0.3, 0.4) is 0 Å². The van der Waals surface area contributed by atoms with Crippen molar-refractivity contribution in [2.45, 2.75) is 6.92 Å². The van der Waals surface area contributed by atoms with Crippen LogP contribution in [0.5, 0.6) is 0 Å². The lowest BCUT2D eigenvalue weighted by Crippen LogP contribution is -2.22. The maximum absolute atomic E-state index is 12.4. The second-order valence-electron chi connectivity index (χ2n) is 6.46. The van der Waals surface area contributed by atoms with Crippen LogP contribution in [0.1, 0.15) is 22.8 Å². The number of aliphatic imine (C=N–C) groups is 1. The number of fused-ring (bicyclic) bond motifs is 1. The summed E-state index contributed by atoms with van der Waals surface area (Å²) in [4.78, 5) is 33.7. The summed E-state index contributed by atoms with van der Waals surface area (Å²) in [6, 6.07) is 14.5. The van der Waals surface area contributed by atoms with Crippen LogP contribution < -0.4 is 10.6 Å². The number of benzene rings is 2. The van der Waals surface area contributed by atoms with E-state index in [9.17, 15) is 9.59 Å². The van der Waals surface area contributed by atoms with E-state index in [4.69, 9.17) is 11.6 Å². The van der Waals surface area contributed by atoms with E-state index in [0.717, 1.165) is 16.5 Å². The van der Waals surface area contributed by atoms with Crippen LogP contribution in [0.15, 0.2) is 64.6 Å². The number of nitrogens with zero attached hydrogens (tertiary/aromatic N) is 2. The van der Waals surface area contributed by atoms with Crippen molar-refractivity contribution in [2.75, 3.05) is 6.54 Å². The normalized spacial score (nSPS) is 16.3. The van der Waals surface area contributed by atoms with Gasteiger partial charge in [-0.1, -0.05) is 23.7 Å². The summed E-state index contributed by atoms with van der Waals surface area (Å²) < 4.78 is 0. The van der Waals surface area contributed by atoms with Crippen LogP contribution >= 0.6 is 23.4 Å². The molecule has 2 N–H and O–H groups in total. The smallest absolute Gasteiger partial charge is 0.264 e. The summed E-state index contributed by atoms with van der Waals surface area (Å²) in [6.07, 6.45) is 3.55. The highest BCUT2D eigenvalue weighted by Gasteiger charge is 2.24. The lowest BCUT2D eigenvalue weighted by molar-refractivity contribution is -0.115. The standard InChI is InChI=1S/C22H17ClN4O2S/c1-2-24-20(28)15-6-7-16(23)18(12-15)26-22-27-21(29)19(30-22)11-13-5-8-17-14(10-13)4-3-9-25-17/h3-12H,2H2,1H3,(H,24,28)(H,26,27,29). The van der Waals surface area contributed by atoms with E-state index < -0.39 is 0 Å². The minimum Gasteiger partial charge on any atom is -0.352 e. The third-order valence-electron chi connectivity index (χ3n) is 4.34. The Kier molecular flexibility index (Phi) is 5.83. The van der Waals surface area contributed by atoms with E-state index in [-0.39, 0.29) is 11.8 Å². The molecule has 6 nitrogen and oxygen atoms in total. The molecule has 0 saturated carbocycles. The van der Waals surface area contributed by atoms with E-state index in [1.54, 1.807) is 24.4 Å². The number of nitrogens with one attached hydrogen (secondary N) is 2. The number of carbonyl (C=O) groups is 2. The number of hydrogen-bond acceptors (Lipinski definition) is 5. The topological polar surface area (TPSA) is 83.5 Å². The Morgan fingerprint density at radius 2 is 2.13 bits per heavy atom. The first kappa shape index (κ1) is 20.1. The highest BCUT2D eigenvalue weighted by molar-refractivity contribution is 8.18. The molecule has 0 radical (unpaired) electrons. The number of aromatic nitrogens is 1. The Morgan fingerprint density at radius 1 is 1.27 bits per heavy atom. The predicted molar refractivity (Wildman–Crippen MR) is 122 cm³/mol. The maximum atomic E-state index is 12.4. The van der Waals surface area contributed by atoms with Gasteiger partial charge < -0.3 is 10.6 Å². The molecule has 150 valence electrons. The Hall–Kier alpha value is -3.16. The number of hydrogen-bond donors (Lipinski definition) is 2. The first-order valence-corrected chi connectivity index (χ1v) is 10.4. The van der Waals surface area contributed by atoms with Gasteiger partial charge in [0.05, 0.1) is 21.1 Å². The summed E-state index contributed by atoms with van der Waals surface area (Å²) in [6.45, 7) is 2.37. The number of amidine groups is 1. The first-order valence-electron chi connectivity index (χ1n) is 9.25. The largest absolute Gasteiger partial charge is 0.352 e. The predicted octanol–water partition coefficient (Wildman–Crippen LogP) is 4.53. The Balaban J connectivity index is 1.60. The zero-order valence-electron chi connectivity index (χ0n) is 16.0. The van der Waals surface area contributed by atoms with Crippen LogP contribution in [0.25, 0.3) is 17.0 Å². The molecule has 2 aromatic carbocycles. The fraction of sp³-hybridized carbons (Fsp3) is 0.0909. The van der Waals surface area contributed by atoms with Crippen molar-refractivity contribution < 1.29 is 9.59 Å². The molecule has 4 rings (SSSR count). The molecule has 1 fully saturated rings. The van der Waals surface area contributed by atoms with Crippen molar-refractivity contribution >= 4 is 63.0 Å². The molecule has 0 atom stereocenters. The van der Waals surface area contributed by atoms with Crippen LogP contribution in [0.2, 0.25) is 5.02 Å². The number of halogens is 1. The summed E-state index contributed by atoms with van der Waals surface area (Å²) in [5.41, 5.74) is 2.66. The van der Waals surface area contributed by atoms with Gasteiger partial charge in [0, 0.05) is 23.7 Å². The van der Waals surface area contributed by atoms with E-state index >= 15 is 0 Å². The van der Waals surface area contributed by atoms with Crippen LogP contribution in [0.4, 0.5) is 5.69 Å². The molecule has 8 heteroatoms. The highest BCUT2D eigenvalue weighted by Crippen LogP contribution is 2.32. The molecule has 30 heavy (non-hydrogen) atoms. The fourth-order valence-electron chi connectivity index (χ4n) is 2.93. The van der Waals surface area contributed by atoms with Crippen molar-refractivity contribution in [2.24, 2.45) is 4.99 Å². The molecule has 0 unspecified atom stereocenters. The number of pyridine rings is 1. The van der Waals surface area contributed by atoms with Crippen LogP contribution in [-0.2, 0) is 4.79 Å². The van der Waals surface area contributed by atoms with Gasteiger partial charge in [-0.05, 0) is 66.7 Å². The monoisotopic (exact) mass is 436 g/mol. The number of rotatable bonds is 4. The summed E-state index contributed by atoms with van der Waals surface area (Å²) in [5.74, 6) is -0.439. The molecular weight excluding hydrogens is 420 g/mol. The van der Waals surface area contributed by atoms with Gasteiger partial charge >= 0.3 is 0 Å². The molecule has 0 spiro atoms. The maximum Gasteiger partial charge on any atom is 0.264 e. The zero-order valence-corrected chi connectivity index (χ0v) is 17.6. The van der Waals surface area contributed by atoms with Crippen molar-refractivity contribution in [3.8, 4) is 0 Å². The van der Waals surface area contributed by atoms with Gasteiger partial charge in [0.2, 0.25) is 0 Å². The summed E-state index contributed by atoms with van der Waals surface area (Å²) in [5, 5.41) is 7.28. The molecule has 0 aliphatic carbocycles. The van der Waals surface area contributed by atoms with Gasteiger partial charge in [0.1, 0.15) is 0 Å². The van der Waals surface area contributed by atoms with Crippen molar-refractivity contribution in [3.05, 3.63) is 75.8 Å². The molecule has 1 saturated heterocycles. The Bertz CT molecular complexity index is 1220. The lowest BCUT2D eigenvalue weighted by atomic mass is 10.1. The average molecular weight is 437 g/mol. The van der Waals surface area contributed by atoms with Gasteiger partial charge in [-0.3, -0.25) is 14.6 Å². The third-order valence-corrected chi connectivity index (χ3v) is 5.57. The molecule has 2 heterocycles. The van der Waals surface area contributed by atoms with Gasteiger partial charge in [0.25, 0.3) is 11.8 Å². The van der Waals surface area contributed by atoms with E-state index in [2.05, 4.69) is 20.6 Å². The lowest BCUT2D eigenvalue weighted by Gasteiger charge is -2.05. The zero-order chi connectivity index (χ0) is 21.1. The first-order chi connectivity index (χ1) is 14.5. The second kappa shape index (κ2) is 8.69. The third kappa shape index (κ3) is 4.37. The minimum atomic E-state index is -0.235. The molecule has 3 aromatic rings. The van der Waals surface area contributed by atoms with Gasteiger partial charge in [-0.25, -0.2) is 4.99 Å². The molecule has 2 amide bonds. The number of amides is 2. The van der Waals surface area contributed by atoms with Crippen molar-refractivity contribution in [1.82, 2.24) is 15.6 Å².